The van der Waals surface area contributed by atoms with Crippen LogP contribution in [0.25, 0.3) is 0 Å². The summed E-state index contributed by atoms with van der Waals surface area (Å²) in [4.78, 5) is 12.7. The molecule has 2 aromatic carbocycles. The van der Waals surface area contributed by atoms with Crippen molar-refractivity contribution in [3.63, 3.8) is 0 Å². The molecule has 0 fully saturated rings. The second kappa shape index (κ2) is 7.45. The van der Waals surface area contributed by atoms with E-state index in [1.165, 1.54) is 36.5 Å². The zero-order valence-corrected chi connectivity index (χ0v) is 19.0. The Morgan fingerprint density at radius 2 is 1.37 bits per heavy atom. The van der Waals surface area contributed by atoms with Crippen molar-refractivity contribution in [2.24, 2.45) is 0 Å². The summed E-state index contributed by atoms with van der Waals surface area (Å²) in [5.74, 6) is -0.448. The van der Waals surface area contributed by atoms with Crippen LogP contribution in [0.4, 0.5) is 0 Å². The van der Waals surface area contributed by atoms with Crippen LogP contribution < -0.4 is 0 Å². The summed E-state index contributed by atoms with van der Waals surface area (Å²) >= 11 is 3.27. The summed E-state index contributed by atoms with van der Waals surface area (Å²) in [5, 5.41) is 0. The Hall–Kier alpha value is -2.27. The Bertz CT molecular complexity index is 1340. The van der Waals surface area contributed by atoms with E-state index >= 15 is 0 Å². The summed E-state index contributed by atoms with van der Waals surface area (Å²) in [6, 6.07) is 13.8. The molecule has 0 N–H and O–H groups in total. The first kappa shape index (κ1) is 21.0. The van der Waals surface area contributed by atoms with E-state index in [4.69, 9.17) is 0 Å². The lowest BCUT2D eigenvalue weighted by molar-refractivity contribution is 0.0949. The number of ketones is 1. The topological polar surface area (TPSA) is 93.5 Å². The van der Waals surface area contributed by atoms with E-state index < -0.39 is 25.8 Å². The number of nitrogens with zero attached hydrogens (tertiary/aromatic N) is 2. The Morgan fingerprint density at radius 3 is 2.00 bits per heavy atom. The van der Waals surface area contributed by atoms with Crippen LogP contribution >= 0.6 is 15.9 Å². The molecule has 4 rings (SSSR count). The fourth-order valence-electron chi connectivity index (χ4n) is 3.30. The van der Waals surface area contributed by atoms with Crippen LogP contribution in [0.15, 0.2) is 75.1 Å². The maximum absolute atomic E-state index is 13.1. The van der Waals surface area contributed by atoms with E-state index in [2.05, 4.69) is 15.9 Å². The van der Waals surface area contributed by atoms with Crippen molar-refractivity contribution in [1.82, 2.24) is 8.28 Å². The molecule has 0 amide bonds. The van der Waals surface area contributed by atoms with Crippen molar-refractivity contribution in [2.45, 2.75) is 23.3 Å². The van der Waals surface area contributed by atoms with E-state index in [-0.39, 0.29) is 34.1 Å². The third-order valence-corrected chi connectivity index (χ3v) is 8.99. The molecule has 0 spiro atoms. The lowest BCUT2D eigenvalue weighted by atomic mass is 10.1. The van der Waals surface area contributed by atoms with Gasteiger partial charge in [-0.3, -0.25) is 4.79 Å². The summed E-state index contributed by atoms with van der Waals surface area (Å²) < 4.78 is 55.1. The molecule has 0 saturated carbocycles. The number of benzene rings is 2. The zero-order valence-electron chi connectivity index (χ0n) is 15.8. The molecule has 156 valence electrons. The monoisotopic (exact) mass is 508 g/mol. The van der Waals surface area contributed by atoms with Gasteiger partial charge >= 0.3 is 0 Å². The minimum atomic E-state index is -3.99. The molecule has 1 aliphatic rings. The number of hydrogen-bond acceptors (Lipinski definition) is 5. The van der Waals surface area contributed by atoms with Crippen LogP contribution in [0.5, 0.6) is 0 Å². The zero-order chi connectivity index (χ0) is 21.7. The number of carbonyl (C=O) groups is 1. The molecule has 2 heterocycles. The van der Waals surface area contributed by atoms with Gasteiger partial charge in [0.2, 0.25) is 10.0 Å². The first-order valence-corrected chi connectivity index (χ1v) is 12.6. The van der Waals surface area contributed by atoms with Crippen molar-refractivity contribution in [2.75, 3.05) is 6.54 Å². The lowest BCUT2D eigenvalue weighted by Gasteiger charge is -2.26. The van der Waals surface area contributed by atoms with Gasteiger partial charge in [-0.15, -0.1) is 0 Å². The largest absolute Gasteiger partial charge is 0.293 e. The van der Waals surface area contributed by atoms with Crippen LogP contribution in [0, 0.1) is 6.92 Å². The van der Waals surface area contributed by atoms with Gasteiger partial charge in [0.1, 0.15) is 0 Å². The van der Waals surface area contributed by atoms with Crippen molar-refractivity contribution < 1.29 is 21.6 Å². The first-order valence-electron chi connectivity index (χ1n) is 8.92. The molecule has 0 radical (unpaired) electrons. The number of sulfonamides is 1. The van der Waals surface area contributed by atoms with E-state index in [9.17, 15) is 21.6 Å². The van der Waals surface area contributed by atoms with Crippen LogP contribution in [0.1, 0.15) is 21.6 Å². The maximum Gasteiger partial charge on any atom is 0.267 e. The minimum absolute atomic E-state index is 0.0371. The molecular weight excluding hydrogens is 492 g/mol. The van der Waals surface area contributed by atoms with Gasteiger partial charge in [0, 0.05) is 16.2 Å². The molecule has 7 nitrogen and oxygen atoms in total. The van der Waals surface area contributed by atoms with E-state index in [0.29, 0.717) is 0 Å². The van der Waals surface area contributed by atoms with Gasteiger partial charge in [-0.2, -0.15) is 4.31 Å². The van der Waals surface area contributed by atoms with Gasteiger partial charge in [0.15, 0.2) is 5.78 Å². The fourth-order valence-corrected chi connectivity index (χ4v) is 6.30. The maximum atomic E-state index is 13.1. The average molecular weight is 509 g/mol. The van der Waals surface area contributed by atoms with Gasteiger partial charge in [-0.25, -0.2) is 20.8 Å². The molecule has 1 aliphatic heterocycles. The van der Waals surface area contributed by atoms with Gasteiger partial charge in [-0.1, -0.05) is 33.6 Å². The Kier molecular flexibility index (Phi) is 5.21. The highest BCUT2D eigenvalue weighted by Crippen LogP contribution is 2.29. The number of rotatable bonds is 4. The van der Waals surface area contributed by atoms with Gasteiger partial charge < -0.3 is 0 Å². The van der Waals surface area contributed by atoms with Crippen LogP contribution in [0.2, 0.25) is 0 Å². The van der Waals surface area contributed by atoms with Crippen molar-refractivity contribution in [3.05, 3.63) is 82.1 Å². The quantitative estimate of drug-likeness (QED) is 0.539. The summed E-state index contributed by atoms with van der Waals surface area (Å²) in [6.07, 6.45) is 1.29. The first-order chi connectivity index (χ1) is 14.1. The van der Waals surface area contributed by atoms with E-state index in [1.54, 1.807) is 24.3 Å². The Balaban J connectivity index is 1.76. The van der Waals surface area contributed by atoms with Crippen LogP contribution in [0.3, 0.4) is 0 Å². The smallest absolute Gasteiger partial charge is 0.267 e. The Morgan fingerprint density at radius 1 is 0.800 bits per heavy atom. The number of aryl methyl sites for hydroxylation is 1. The third kappa shape index (κ3) is 3.53. The summed E-state index contributed by atoms with van der Waals surface area (Å²) in [7, 11) is -7.96. The number of hydrogen-bond donors (Lipinski definition) is 0. The molecule has 0 aliphatic carbocycles. The van der Waals surface area contributed by atoms with Gasteiger partial charge in [0.05, 0.1) is 28.6 Å². The fraction of sp³-hybridized carbons (Fsp3) is 0.150. The molecule has 0 saturated heterocycles. The number of aromatic nitrogens is 1. The van der Waals surface area contributed by atoms with Crippen molar-refractivity contribution >= 4 is 41.8 Å². The standard InChI is InChI=1S/C20H17BrN2O5S2/c1-14-2-6-16(7-3-14)29(25,26)22-12-19-18(20(24)13-22)10-11-23(19)30(27,28)17-8-4-15(21)5-9-17/h2-11H,12-13H2,1H3. The highest BCUT2D eigenvalue weighted by Gasteiger charge is 2.36. The molecule has 3 aromatic rings. The average Bonchev–Trinajstić information content (AvgIpc) is 3.14. The van der Waals surface area contributed by atoms with E-state index in [1.807, 2.05) is 6.92 Å². The lowest BCUT2D eigenvalue weighted by Crippen LogP contribution is -2.40. The summed E-state index contributed by atoms with van der Waals surface area (Å²) in [5.41, 5.74) is 1.25. The second-order valence-electron chi connectivity index (χ2n) is 6.94. The highest BCUT2D eigenvalue weighted by atomic mass is 79.9. The number of Topliss-reactive ketones (excluding diaryl/α,β-unsaturated/α-hetero) is 1. The molecular formula is C20H17BrN2O5S2. The molecule has 1 aromatic heterocycles. The van der Waals surface area contributed by atoms with Crippen LogP contribution in [-0.4, -0.2) is 37.4 Å². The molecule has 0 bridgehead atoms. The highest BCUT2D eigenvalue weighted by molar-refractivity contribution is 9.10. The minimum Gasteiger partial charge on any atom is -0.293 e. The summed E-state index contributed by atoms with van der Waals surface area (Å²) in [6.45, 7) is 1.28. The van der Waals surface area contributed by atoms with E-state index in [0.717, 1.165) is 18.3 Å². The third-order valence-electron chi connectivity index (χ3n) is 4.93. The van der Waals surface area contributed by atoms with Crippen molar-refractivity contribution in [1.29, 1.82) is 0 Å². The number of fused-ring (bicyclic) bond motifs is 1. The molecule has 0 unspecified atom stereocenters. The van der Waals surface area contributed by atoms with Gasteiger partial charge in [0.25, 0.3) is 10.0 Å². The number of carbonyl (C=O) groups excluding carboxylic acids is 1. The molecule has 30 heavy (non-hydrogen) atoms. The van der Waals surface area contributed by atoms with Crippen molar-refractivity contribution in [3.8, 4) is 0 Å². The van der Waals surface area contributed by atoms with Gasteiger partial charge in [-0.05, 0) is 49.4 Å². The predicted octanol–water partition coefficient (Wildman–Crippen LogP) is 3.18. The number of halogens is 1. The SMILES string of the molecule is Cc1ccc(S(=O)(=O)N2CC(=O)c3ccn(S(=O)(=O)c4ccc(Br)cc4)c3C2)cc1. The molecule has 0 atom stereocenters. The van der Waals surface area contributed by atoms with Crippen LogP contribution in [-0.2, 0) is 26.6 Å². The second-order valence-corrected chi connectivity index (χ2v) is 11.6. The molecule has 10 heteroatoms. The Labute approximate surface area is 183 Å². The normalized spacial score (nSPS) is 15.2. The predicted molar refractivity (Wildman–Crippen MR) is 114 cm³/mol.